The number of hydrogen-bond acceptors (Lipinski definition) is 7. The first-order valence-corrected chi connectivity index (χ1v) is 10.0. The van der Waals surface area contributed by atoms with Crippen molar-refractivity contribution in [2.45, 2.75) is 76.1 Å². The highest BCUT2D eigenvalue weighted by Gasteiger charge is 2.56. The molecule has 2 unspecified atom stereocenters. The lowest BCUT2D eigenvalue weighted by Crippen LogP contribution is -2.54. The number of carboxylic acids is 1. The Kier molecular flexibility index (Phi) is 8.16. The first-order chi connectivity index (χ1) is 12.8. The third-order valence-corrected chi connectivity index (χ3v) is 5.33. The van der Waals surface area contributed by atoms with Crippen molar-refractivity contribution in [1.29, 1.82) is 0 Å². The van der Waals surface area contributed by atoms with E-state index in [0.717, 1.165) is 23.1 Å². The maximum atomic E-state index is 12.7. The van der Waals surface area contributed by atoms with E-state index in [-0.39, 0.29) is 6.61 Å². The zero-order valence-corrected chi connectivity index (χ0v) is 18.1. The standard InChI is InChI=1S/C18H30N2O7S/c1-7-8-9-26-15(24)13-20(12(14(22)23)18(5,6)28-13)11(21)10-19-16(25)27-17(2,3)4/h12-13H,7-10H2,1-6H3,(H,19,25)(H,22,23). The van der Waals surface area contributed by atoms with Crippen molar-refractivity contribution in [2.24, 2.45) is 0 Å². The molecule has 1 aliphatic rings. The Hall–Kier alpha value is -1.97. The fourth-order valence-electron chi connectivity index (χ4n) is 2.67. The van der Waals surface area contributed by atoms with Crippen molar-refractivity contribution in [2.75, 3.05) is 13.2 Å². The van der Waals surface area contributed by atoms with Gasteiger partial charge < -0.3 is 24.8 Å². The van der Waals surface area contributed by atoms with Crippen LogP contribution in [0, 0.1) is 0 Å². The maximum absolute atomic E-state index is 12.7. The minimum atomic E-state index is -1.24. The summed E-state index contributed by atoms with van der Waals surface area (Å²) in [5.41, 5.74) is -0.742. The number of unbranched alkanes of at least 4 members (excludes halogenated alkanes) is 1. The van der Waals surface area contributed by atoms with Crippen LogP contribution in [0.25, 0.3) is 0 Å². The maximum Gasteiger partial charge on any atom is 0.408 e. The molecule has 1 heterocycles. The fourth-order valence-corrected chi connectivity index (χ4v) is 4.11. The number of amides is 2. The Morgan fingerprint density at radius 1 is 1.21 bits per heavy atom. The van der Waals surface area contributed by atoms with Crippen LogP contribution in [0.5, 0.6) is 0 Å². The Morgan fingerprint density at radius 3 is 2.32 bits per heavy atom. The van der Waals surface area contributed by atoms with E-state index >= 15 is 0 Å². The lowest BCUT2D eigenvalue weighted by molar-refractivity contribution is -0.157. The average Bonchev–Trinajstić information content (AvgIpc) is 2.82. The first kappa shape index (κ1) is 24.1. The molecule has 0 spiro atoms. The quantitative estimate of drug-likeness (QED) is 0.475. The molecule has 1 aliphatic heterocycles. The van der Waals surface area contributed by atoms with Crippen molar-refractivity contribution in [3.63, 3.8) is 0 Å². The zero-order valence-electron chi connectivity index (χ0n) is 17.2. The van der Waals surface area contributed by atoms with E-state index in [4.69, 9.17) is 9.47 Å². The van der Waals surface area contributed by atoms with Gasteiger partial charge in [-0.05, 0) is 41.0 Å². The van der Waals surface area contributed by atoms with Crippen molar-refractivity contribution >= 4 is 35.7 Å². The van der Waals surface area contributed by atoms with E-state index in [2.05, 4.69) is 5.32 Å². The predicted octanol–water partition coefficient (Wildman–Crippen LogP) is 1.99. The molecule has 2 atom stereocenters. The molecule has 1 saturated heterocycles. The number of esters is 1. The smallest absolute Gasteiger partial charge is 0.408 e. The van der Waals surface area contributed by atoms with Crippen LogP contribution in [-0.2, 0) is 23.9 Å². The summed E-state index contributed by atoms with van der Waals surface area (Å²) in [6.45, 7) is 9.98. The van der Waals surface area contributed by atoms with Gasteiger partial charge in [0.2, 0.25) is 5.91 Å². The molecule has 10 heteroatoms. The number of alkyl carbamates (subject to hydrolysis) is 1. The summed E-state index contributed by atoms with van der Waals surface area (Å²) in [6.07, 6.45) is 0.695. The van der Waals surface area contributed by atoms with Gasteiger partial charge in [-0.1, -0.05) is 13.3 Å². The van der Waals surface area contributed by atoms with Gasteiger partial charge in [-0.25, -0.2) is 14.4 Å². The van der Waals surface area contributed by atoms with Crippen molar-refractivity contribution < 1.29 is 33.8 Å². The van der Waals surface area contributed by atoms with Crippen LogP contribution in [0.3, 0.4) is 0 Å². The van der Waals surface area contributed by atoms with Gasteiger partial charge >= 0.3 is 18.0 Å². The fraction of sp³-hybridized carbons (Fsp3) is 0.778. The zero-order chi connectivity index (χ0) is 21.7. The van der Waals surface area contributed by atoms with E-state index < -0.39 is 52.2 Å². The Labute approximate surface area is 169 Å². The third kappa shape index (κ3) is 6.57. The van der Waals surface area contributed by atoms with Crippen LogP contribution in [-0.4, -0.2) is 68.9 Å². The molecular formula is C18H30N2O7S. The number of nitrogens with zero attached hydrogens (tertiary/aromatic N) is 1. The minimum Gasteiger partial charge on any atom is -0.480 e. The van der Waals surface area contributed by atoms with Crippen molar-refractivity contribution in [3.8, 4) is 0 Å². The highest BCUT2D eigenvalue weighted by Crippen LogP contribution is 2.45. The van der Waals surface area contributed by atoms with Crippen LogP contribution >= 0.6 is 11.8 Å². The van der Waals surface area contributed by atoms with E-state index in [1.165, 1.54) is 0 Å². The highest BCUT2D eigenvalue weighted by atomic mass is 32.2. The summed E-state index contributed by atoms with van der Waals surface area (Å²) < 4.78 is 9.36. The molecule has 1 rings (SSSR count). The number of nitrogens with one attached hydrogen (secondary N) is 1. The second-order valence-electron chi connectivity index (χ2n) is 7.99. The topological polar surface area (TPSA) is 122 Å². The molecule has 9 nitrogen and oxygen atoms in total. The Bertz CT molecular complexity index is 616. The molecule has 0 radical (unpaired) electrons. The number of ether oxygens (including phenoxy) is 2. The Balaban J connectivity index is 2.95. The van der Waals surface area contributed by atoms with E-state index in [1.807, 2.05) is 6.92 Å². The monoisotopic (exact) mass is 418 g/mol. The summed E-state index contributed by atoms with van der Waals surface area (Å²) in [4.78, 5) is 49.8. The number of rotatable bonds is 7. The van der Waals surface area contributed by atoms with Crippen molar-refractivity contribution in [1.82, 2.24) is 10.2 Å². The van der Waals surface area contributed by atoms with Crippen LogP contribution in [0.4, 0.5) is 4.79 Å². The minimum absolute atomic E-state index is 0.197. The number of aliphatic carboxylic acids is 1. The number of carbonyl (C=O) groups excluding carboxylic acids is 3. The second-order valence-corrected chi connectivity index (χ2v) is 9.73. The van der Waals surface area contributed by atoms with E-state index in [1.54, 1.807) is 34.6 Å². The molecular weight excluding hydrogens is 388 g/mol. The van der Waals surface area contributed by atoms with Gasteiger partial charge in [-0.15, -0.1) is 11.8 Å². The van der Waals surface area contributed by atoms with Gasteiger partial charge in [-0.2, -0.15) is 0 Å². The molecule has 2 N–H and O–H groups in total. The predicted molar refractivity (Wildman–Crippen MR) is 104 cm³/mol. The molecule has 2 amide bonds. The first-order valence-electron chi connectivity index (χ1n) is 9.15. The van der Waals surface area contributed by atoms with Crippen LogP contribution in [0.1, 0.15) is 54.4 Å². The summed E-state index contributed by atoms with van der Waals surface area (Å²) in [6, 6.07) is -1.24. The molecule has 0 aliphatic carbocycles. The molecule has 0 bridgehead atoms. The van der Waals surface area contributed by atoms with Gasteiger partial charge in [0.05, 0.1) is 6.61 Å². The third-order valence-electron chi connectivity index (χ3n) is 3.85. The van der Waals surface area contributed by atoms with E-state index in [0.29, 0.717) is 6.42 Å². The molecule has 0 aromatic carbocycles. The largest absolute Gasteiger partial charge is 0.480 e. The van der Waals surface area contributed by atoms with Gasteiger partial charge in [-0.3, -0.25) is 4.79 Å². The molecule has 28 heavy (non-hydrogen) atoms. The second kappa shape index (κ2) is 9.49. The highest BCUT2D eigenvalue weighted by molar-refractivity contribution is 8.02. The molecule has 1 fully saturated rings. The normalized spacial score (nSPS) is 21.1. The van der Waals surface area contributed by atoms with E-state index in [9.17, 15) is 24.3 Å². The molecule has 0 aromatic heterocycles. The van der Waals surface area contributed by atoms with Gasteiger partial charge in [0.1, 0.15) is 18.2 Å². The van der Waals surface area contributed by atoms with Crippen LogP contribution in [0.2, 0.25) is 0 Å². The SMILES string of the molecule is CCCCOC(=O)C1SC(C)(C)C(C(=O)O)N1C(=O)CNC(=O)OC(C)(C)C. The average molecular weight is 419 g/mol. The number of thioether (sulfide) groups is 1. The molecule has 0 saturated carbocycles. The Morgan fingerprint density at radius 2 is 1.82 bits per heavy atom. The van der Waals surface area contributed by atoms with Crippen molar-refractivity contribution in [3.05, 3.63) is 0 Å². The molecule has 0 aromatic rings. The molecule has 160 valence electrons. The van der Waals surface area contributed by atoms with Gasteiger partial charge in [0.25, 0.3) is 0 Å². The number of carbonyl (C=O) groups is 4. The van der Waals surface area contributed by atoms with Crippen LogP contribution < -0.4 is 5.32 Å². The summed E-state index contributed by atoms with van der Waals surface area (Å²) in [7, 11) is 0. The number of carboxylic acid groups (broad SMARTS) is 1. The van der Waals surface area contributed by atoms with Crippen LogP contribution in [0.15, 0.2) is 0 Å². The van der Waals surface area contributed by atoms with Gasteiger partial charge in [0, 0.05) is 4.75 Å². The lowest BCUT2D eigenvalue weighted by Gasteiger charge is -2.29. The van der Waals surface area contributed by atoms with Gasteiger partial charge in [0.15, 0.2) is 5.37 Å². The number of hydrogen-bond donors (Lipinski definition) is 2. The summed E-state index contributed by atoms with van der Waals surface area (Å²) in [5, 5.41) is 10.9. The summed E-state index contributed by atoms with van der Waals surface area (Å²) in [5.74, 6) is -2.60. The lowest BCUT2D eigenvalue weighted by atomic mass is 10.0. The summed E-state index contributed by atoms with van der Waals surface area (Å²) >= 11 is 1.06.